The van der Waals surface area contributed by atoms with Crippen LogP contribution < -0.4 is 0 Å². The molecule has 0 aromatic rings. The number of carbonyl (C=O) groups excluding carboxylic acids is 2. The summed E-state index contributed by atoms with van der Waals surface area (Å²) in [6.07, 6.45) is 0. The van der Waals surface area contributed by atoms with E-state index in [0.29, 0.717) is 6.61 Å². The second-order valence-electron chi connectivity index (χ2n) is 3.38. The van der Waals surface area contributed by atoms with Crippen molar-refractivity contribution in [1.82, 2.24) is 0 Å². The molecule has 0 aromatic heterocycles. The van der Waals surface area contributed by atoms with Crippen LogP contribution in [0, 0.1) is 5.41 Å². The smallest absolute Gasteiger partial charge is 0.314 e. The number of ether oxygens (including phenoxy) is 2. The lowest BCUT2D eigenvalue weighted by molar-refractivity contribution is -0.160. The summed E-state index contributed by atoms with van der Waals surface area (Å²) in [7, 11) is 0. The standard InChI is InChI=1S/C9H16O4/c1-5-12-8(11)9(3,4)6-13-7(2)10/h5-6H2,1-4H3. The first-order valence-electron chi connectivity index (χ1n) is 4.20. The van der Waals surface area contributed by atoms with Gasteiger partial charge in [-0.05, 0) is 20.8 Å². The first-order valence-corrected chi connectivity index (χ1v) is 4.20. The van der Waals surface area contributed by atoms with Gasteiger partial charge < -0.3 is 9.47 Å². The van der Waals surface area contributed by atoms with Gasteiger partial charge in [0.05, 0.1) is 12.0 Å². The number of hydrogen-bond donors (Lipinski definition) is 0. The van der Waals surface area contributed by atoms with Gasteiger partial charge in [0.1, 0.15) is 6.61 Å². The topological polar surface area (TPSA) is 52.6 Å². The maximum Gasteiger partial charge on any atom is 0.314 e. The van der Waals surface area contributed by atoms with Gasteiger partial charge in [0, 0.05) is 6.92 Å². The van der Waals surface area contributed by atoms with E-state index < -0.39 is 11.4 Å². The van der Waals surface area contributed by atoms with Crippen LogP contribution in [0.1, 0.15) is 27.7 Å². The summed E-state index contributed by atoms with van der Waals surface area (Å²) in [5, 5.41) is 0. The fourth-order valence-electron chi connectivity index (χ4n) is 0.667. The zero-order valence-electron chi connectivity index (χ0n) is 8.55. The summed E-state index contributed by atoms with van der Waals surface area (Å²) >= 11 is 0. The van der Waals surface area contributed by atoms with Crippen molar-refractivity contribution in [2.45, 2.75) is 27.7 Å². The van der Waals surface area contributed by atoms with Crippen molar-refractivity contribution in [2.75, 3.05) is 13.2 Å². The summed E-state index contributed by atoms with van der Waals surface area (Å²) in [4.78, 5) is 21.8. The van der Waals surface area contributed by atoms with Crippen molar-refractivity contribution in [3.63, 3.8) is 0 Å². The van der Waals surface area contributed by atoms with E-state index in [4.69, 9.17) is 9.47 Å². The van der Waals surface area contributed by atoms with Crippen LogP contribution in [-0.4, -0.2) is 25.2 Å². The molecule has 76 valence electrons. The summed E-state index contributed by atoms with van der Waals surface area (Å²) in [6.45, 7) is 6.78. The van der Waals surface area contributed by atoms with Gasteiger partial charge in [-0.1, -0.05) is 0 Å². The van der Waals surface area contributed by atoms with E-state index in [1.54, 1.807) is 20.8 Å². The minimum Gasteiger partial charge on any atom is -0.465 e. The fourth-order valence-corrected chi connectivity index (χ4v) is 0.667. The van der Waals surface area contributed by atoms with E-state index in [2.05, 4.69) is 0 Å². The first-order chi connectivity index (χ1) is 5.90. The van der Waals surface area contributed by atoms with Crippen LogP contribution in [0.15, 0.2) is 0 Å². The molecule has 0 aliphatic rings. The van der Waals surface area contributed by atoms with Crippen LogP contribution in [0.3, 0.4) is 0 Å². The summed E-state index contributed by atoms with van der Waals surface area (Å²) in [5.41, 5.74) is -0.762. The van der Waals surface area contributed by atoms with Crippen molar-refractivity contribution < 1.29 is 19.1 Å². The summed E-state index contributed by atoms with van der Waals surface area (Å²) in [6, 6.07) is 0. The van der Waals surface area contributed by atoms with Crippen LogP contribution in [-0.2, 0) is 19.1 Å². The van der Waals surface area contributed by atoms with Gasteiger partial charge in [-0.3, -0.25) is 9.59 Å². The third kappa shape index (κ3) is 4.50. The Balaban J connectivity index is 4.05. The van der Waals surface area contributed by atoms with Gasteiger partial charge in [0.15, 0.2) is 0 Å². The monoisotopic (exact) mass is 188 g/mol. The Morgan fingerprint density at radius 1 is 1.23 bits per heavy atom. The van der Waals surface area contributed by atoms with E-state index in [1.807, 2.05) is 0 Å². The predicted molar refractivity (Wildman–Crippen MR) is 47.0 cm³/mol. The van der Waals surface area contributed by atoms with Gasteiger partial charge in [0.2, 0.25) is 0 Å². The van der Waals surface area contributed by atoms with Gasteiger partial charge in [-0.15, -0.1) is 0 Å². The lowest BCUT2D eigenvalue weighted by Crippen LogP contribution is -2.32. The molecule has 0 spiro atoms. The Morgan fingerprint density at radius 2 is 1.77 bits per heavy atom. The predicted octanol–water partition coefficient (Wildman–Crippen LogP) is 1.14. The van der Waals surface area contributed by atoms with Crippen LogP contribution >= 0.6 is 0 Å². The molecule has 0 rings (SSSR count). The molecule has 0 bridgehead atoms. The normalized spacial score (nSPS) is 10.8. The van der Waals surface area contributed by atoms with E-state index >= 15 is 0 Å². The van der Waals surface area contributed by atoms with Gasteiger partial charge in [-0.25, -0.2) is 0 Å². The van der Waals surface area contributed by atoms with Crippen LogP contribution in [0.2, 0.25) is 0 Å². The van der Waals surface area contributed by atoms with E-state index in [-0.39, 0.29) is 12.6 Å². The number of rotatable bonds is 4. The molecule has 4 nitrogen and oxygen atoms in total. The number of hydrogen-bond acceptors (Lipinski definition) is 4. The maximum atomic E-state index is 11.3. The van der Waals surface area contributed by atoms with Gasteiger partial charge in [-0.2, -0.15) is 0 Å². The van der Waals surface area contributed by atoms with Crippen molar-refractivity contribution >= 4 is 11.9 Å². The minimum absolute atomic E-state index is 0.0567. The molecule has 0 radical (unpaired) electrons. The second-order valence-corrected chi connectivity index (χ2v) is 3.38. The van der Waals surface area contributed by atoms with E-state index in [9.17, 15) is 9.59 Å². The minimum atomic E-state index is -0.762. The SMILES string of the molecule is CCOC(=O)C(C)(C)COC(C)=O. The molecule has 0 saturated carbocycles. The average Bonchev–Trinajstić information content (AvgIpc) is 2.01. The zero-order valence-corrected chi connectivity index (χ0v) is 8.55. The maximum absolute atomic E-state index is 11.3. The molecule has 4 heteroatoms. The quantitative estimate of drug-likeness (QED) is 0.621. The second kappa shape index (κ2) is 4.84. The molecule has 0 amide bonds. The highest BCUT2D eigenvalue weighted by atomic mass is 16.5. The lowest BCUT2D eigenvalue weighted by Gasteiger charge is -2.21. The Morgan fingerprint density at radius 3 is 2.15 bits per heavy atom. The Kier molecular flexibility index (Phi) is 4.45. The molecule has 13 heavy (non-hydrogen) atoms. The largest absolute Gasteiger partial charge is 0.465 e. The highest BCUT2D eigenvalue weighted by Crippen LogP contribution is 2.17. The molecule has 0 heterocycles. The van der Waals surface area contributed by atoms with Gasteiger partial charge >= 0.3 is 11.9 Å². The number of esters is 2. The number of carbonyl (C=O) groups is 2. The molecular formula is C9H16O4. The Hall–Kier alpha value is -1.06. The molecular weight excluding hydrogens is 172 g/mol. The van der Waals surface area contributed by atoms with Crippen molar-refractivity contribution in [3.05, 3.63) is 0 Å². The van der Waals surface area contributed by atoms with Crippen molar-refractivity contribution in [2.24, 2.45) is 5.41 Å². The zero-order chi connectivity index (χ0) is 10.5. The molecule has 0 aromatic carbocycles. The van der Waals surface area contributed by atoms with Gasteiger partial charge in [0.25, 0.3) is 0 Å². The van der Waals surface area contributed by atoms with Crippen LogP contribution in [0.5, 0.6) is 0 Å². The molecule has 0 aliphatic carbocycles. The van der Waals surface area contributed by atoms with Crippen molar-refractivity contribution in [3.8, 4) is 0 Å². The van der Waals surface area contributed by atoms with Crippen LogP contribution in [0.25, 0.3) is 0 Å². The first kappa shape index (κ1) is 11.9. The molecule has 0 fully saturated rings. The molecule has 0 unspecified atom stereocenters. The molecule has 0 aliphatic heterocycles. The fraction of sp³-hybridized carbons (Fsp3) is 0.778. The van der Waals surface area contributed by atoms with E-state index in [1.165, 1.54) is 6.92 Å². The molecule has 0 saturated heterocycles. The van der Waals surface area contributed by atoms with Crippen LogP contribution in [0.4, 0.5) is 0 Å². The highest BCUT2D eigenvalue weighted by Gasteiger charge is 2.30. The lowest BCUT2D eigenvalue weighted by atomic mass is 9.95. The highest BCUT2D eigenvalue weighted by molar-refractivity contribution is 5.76. The van der Waals surface area contributed by atoms with E-state index in [0.717, 1.165) is 0 Å². The summed E-state index contributed by atoms with van der Waals surface area (Å²) < 4.78 is 9.54. The third-order valence-electron chi connectivity index (χ3n) is 1.46. The third-order valence-corrected chi connectivity index (χ3v) is 1.46. The molecule has 0 atom stereocenters. The average molecular weight is 188 g/mol. The Bertz CT molecular complexity index is 196. The molecule has 0 N–H and O–H groups in total. The Labute approximate surface area is 78.2 Å². The van der Waals surface area contributed by atoms with Crippen molar-refractivity contribution in [1.29, 1.82) is 0 Å². The summed E-state index contributed by atoms with van der Waals surface area (Å²) in [5.74, 6) is -0.742.